The monoisotopic (exact) mass is 621 g/mol. The lowest BCUT2D eigenvalue weighted by atomic mass is 9.78. The van der Waals surface area contributed by atoms with E-state index in [2.05, 4.69) is 195 Å². The highest BCUT2D eigenvalue weighted by Gasteiger charge is 2.24. The molecule has 7 aromatic carbocycles. The summed E-state index contributed by atoms with van der Waals surface area (Å²) < 4.78 is 2.61. The van der Waals surface area contributed by atoms with Crippen molar-refractivity contribution >= 4 is 48.6 Å². The van der Waals surface area contributed by atoms with Gasteiger partial charge in [-0.25, -0.2) is 0 Å². The van der Waals surface area contributed by atoms with Crippen molar-refractivity contribution in [3.63, 3.8) is 0 Å². The summed E-state index contributed by atoms with van der Waals surface area (Å²) in [5, 5.41) is 2.62. The Balaban J connectivity index is 1.31. The van der Waals surface area contributed by atoms with E-state index in [1.807, 2.05) is 11.3 Å². The van der Waals surface area contributed by atoms with Crippen molar-refractivity contribution in [1.29, 1.82) is 0 Å². The van der Waals surface area contributed by atoms with E-state index >= 15 is 0 Å². The minimum atomic E-state index is -0.118. The van der Waals surface area contributed by atoms with Crippen LogP contribution in [0.25, 0.3) is 42.4 Å². The molecule has 1 heterocycles. The molecule has 0 saturated heterocycles. The maximum atomic E-state index is 2.43. The van der Waals surface area contributed by atoms with Crippen molar-refractivity contribution in [3.05, 3.63) is 187 Å². The summed E-state index contributed by atoms with van der Waals surface area (Å²) in [6.45, 7) is 4.61. The van der Waals surface area contributed by atoms with Gasteiger partial charge in [-0.15, -0.1) is 11.3 Å². The number of fused-ring (bicyclic) bond motifs is 3. The molecule has 0 aliphatic heterocycles. The average molecular weight is 622 g/mol. The van der Waals surface area contributed by atoms with Crippen LogP contribution in [-0.4, -0.2) is 0 Å². The third-order valence-electron chi connectivity index (χ3n) is 9.41. The Morgan fingerprint density at radius 3 is 1.74 bits per heavy atom. The Morgan fingerprint density at radius 2 is 0.979 bits per heavy atom. The fraction of sp³-hybridized carbons (Fsp3) is 0.0667. The van der Waals surface area contributed by atoms with Gasteiger partial charge in [0.1, 0.15) is 0 Å². The molecule has 0 atom stereocenters. The standard InChI is InChI=1S/C45H35NS/c1-45(2,33-17-7-4-8-18-33)34-25-27-35(28-26-34)46(36-29-30-41-40-22-12-14-24-43(40)47-44(41)31-36)42-23-13-11-21-39(42)38-20-10-9-19-37(38)32-15-5-3-6-16-32/h3-31H,1-2H3. The summed E-state index contributed by atoms with van der Waals surface area (Å²) in [5.74, 6) is 0. The number of rotatable bonds is 7. The van der Waals surface area contributed by atoms with Crippen molar-refractivity contribution in [2.45, 2.75) is 19.3 Å². The Labute approximate surface area is 281 Å². The number of nitrogens with zero attached hydrogens (tertiary/aromatic N) is 1. The molecule has 8 aromatic rings. The molecule has 0 N–H and O–H groups in total. The van der Waals surface area contributed by atoms with Gasteiger partial charge in [0.05, 0.1) is 5.69 Å². The molecule has 2 heteroatoms. The molecule has 0 saturated carbocycles. The van der Waals surface area contributed by atoms with E-state index in [9.17, 15) is 0 Å². The molecule has 47 heavy (non-hydrogen) atoms. The van der Waals surface area contributed by atoms with Crippen LogP contribution >= 0.6 is 11.3 Å². The molecule has 0 unspecified atom stereocenters. The first-order chi connectivity index (χ1) is 23.1. The number of hydrogen-bond acceptors (Lipinski definition) is 2. The van der Waals surface area contributed by atoms with Crippen molar-refractivity contribution in [1.82, 2.24) is 0 Å². The molecule has 0 bridgehead atoms. The van der Waals surface area contributed by atoms with Crippen LogP contribution in [0.3, 0.4) is 0 Å². The summed E-state index contributed by atoms with van der Waals surface area (Å²) >= 11 is 1.86. The van der Waals surface area contributed by atoms with Gasteiger partial charge < -0.3 is 4.90 Å². The molecule has 1 nitrogen and oxygen atoms in total. The molecule has 0 spiro atoms. The van der Waals surface area contributed by atoms with Crippen molar-refractivity contribution < 1.29 is 0 Å². The van der Waals surface area contributed by atoms with Crippen LogP contribution in [-0.2, 0) is 5.41 Å². The van der Waals surface area contributed by atoms with Crippen LogP contribution in [0.5, 0.6) is 0 Å². The number of para-hydroxylation sites is 1. The molecule has 226 valence electrons. The Hall–Kier alpha value is -5.44. The van der Waals surface area contributed by atoms with E-state index < -0.39 is 0 Å². The third kappa shape index (κ3) is 5.31. The van der Waals surface area contributed by atoms with E-state index in [1.165, 1.54) is 53.6 Å². The maximum Gasteiger partial charge on any atom is 0.0540 e. The van der Waals surface area contributed by atoms with Gasteiger partial charge in [0.15, 0.2) is 0 Å². The van der Waals surface area contributed by atoms with Crippen LogP contribution in [0.2, 0.25) is 0 Å². The molecule has 8 rings (SSSR count). The van der Waals surface area contributed by atoms with Gasteiger partial charge in [-0.2, -0.15) is 0 Å². The molecule has 0 radical (unpaired) electrons. The van der Waals surface area contributed by atoms with Crippen molar-refractivity contribution in [3.8, 4) is 22.3 Å². The van der Waals surface area contributed by atoms with Gasteiger partial charge in [-0.1, -0.05) is 153 Å². The van der Waals surface area contributed by atoms with Gasteiger partial charge in [0.25, 0.3) is 0 Å². The zero-order valence-electron chi connectivity index (χ0n) is 26.6. The van der Waals surface area contributed by atoms with Crippen molar-refractivity contribution in [2.75, 3.05) is 4.90 Å². The molecular weight excluding hydrogens is 587 g/mol. The van der Waals surface area contributed by atoms with Gasteiger partial charge >= 0.3 is 0 Å². The second-order valence-corrected chi connectivity index (χ2v) is 13.7. The van der Waals surface area contributed by atoms with Crippen LogP contribution in [0.15, 0.2) is 176 Å². The predicted octanol–water partition coefficient (Wildman–Crippen LogP) is 13.2. The maximum absolute atomic E-state index is 2.43. The minimum absolute atomic E-state index is 0.118. The normalized spacial score (nSPS) is 11.6. The first-order valence-electron chi connectivity index (χ1n) is 16.2. The van der Waals surface area contributed by atoms with Crippen LogP contribution in [0.4, 0.5) is 17.1 Å². The predicted molar refractivity (Wildman–Crippen MR) is 203 cm³/mol. The summed E-state index contributed by atoms with van der Waals surface area (Å²) in [6, 6.07) is 63.9. The van der Waals surface area contributed by atoms with Gasteiger partial charge in [0.2, 0.25) is 0 Å². The quantitative estimate of drug-likeness (QED) is 0.171. The fourth-order valence-corrected chi connectivity index (χ4v) is 7.95. The second-order valence-electron chi connectivity index (χ2n) is 12.6. The molecule has 0 amide bonds. The largest absolute Gasteiger partial charge is 0.310 e. The summed E-state index contributed by atoms with van der Waals surface area (Å²) in [7, 11) is 0. The van der Waals surface area contributed by atoms with Crippen LogP contribution in [0, 0.1) is 0 Å². The topological polar surface area (TPSA) is 3.24 Å². The van der Waals surface area contributed by atoms with Gasteiger partial charge in [-0.05, 0) is 64.2 Å². The molecule has 0 fully saturated rings. The summed E-state index contributed by atoms with van der Waals surface area (Å²) in [6.07, 6.45) is 0. The van der Waals surface area contributed by atoms with E-state index in [4.69, 9.17) is 0 Å². The van der Waals surface area contributed by atoms with Gasteiger partial charge in [-0.3, -0.25) is 0 Å². The fourth-order valence-electron chi connectivity index (χ4n) is 6.81. The SMILES string of the molecule is CC(C)(c1ccccc1)c1ccc(N(c2ccc3c(c2)sc2ccccc23)c2ccccc2-c2ccccc2-c2ccccc2)cc1. The molecule has 0 aliphatic carbocycles. The van der Waals surface area contributed by atoms with Crippen molar-refractivity contribution in [2.24, 2.45) is 0 Å². The second kappa shape index (κ2) is 12.1. The first-order valence-corrected chi connectivity index (χ1v) is 17.0. The number of hydrogen-bond donors (Lipinski definition) is 0. The Bertz CT molecular complexity index is 2320. The summed E-state index contributed by atoms with van der Waals surface area (Å²) in [5.41, 5.74) is 10.7. The lowest BCUT2D eigenvalue weighted by Crippen LogP contribution is -2.19. The third-order valence-corrected chi connectivity index (χ3v) is 10.5. The highest BCUT2D eigenvalue weighted by molar-refractivity contribution is 7.25. The van der Waals surface area contributed by atoms with Crippen LogP contribution in [0.1, 0.15) is 25.0 Å². The van der Waals surface area contributed by atoms with Gasteiger partial charge in [0, 0.05) is 42.5 Å². The Morgan fingerprint density at radius 1 is 0.426 bits per heavy atom. The van der Waals surface area contributed by atoms with E-state index in [0.717, 1.165) is 17.1 Å². The minimum Gasteiger partial charge on any atom is -0.310 e. The Kier molecular flexibility index (Phi) is 7.44. The molecule has 0 aliphatic rings. The lowest BCUT2D eigenvalue weighted by molar-refractivity contribution is 0.641. The number of thiophene rings is 1. The lowest BCUT2D eigenvalue weighted by Gasteiger charge is -2.30. The number of benzene rings is 7. The zero-order valence-corrected chi connectivity index (χ0v) is 27.4. The summed E-state index contributed by atoms with van der Waals surface area (Å²) in [4.78, 5) is 2.43. The zero-order chi connectivity index (χ0) is 31.8. The molecular formula is C45H35NS. The van der Waals surface area contributed by atoms with Crippen LogP contribution < -0.4 is 4.90 Å². The smallest absolute Gasteiger partial charge is 0.0540 e. The highest BCUT2D eigenvalue weighted by atomic mass is 32.1. The number of anilines is 3. The highest BCUT2D eigenvalue weighted by Crippen LogP contribution is 2.46. The first kappa shape index (κ1) is 29.0. The van der Waals surface area contributed by atoms with E-state index in [1.54, 1.807) is 0 Å². The van der Waals surface area contributed by atoms with E-state index in [-0.39, 0.29) is 5.41 Å². The van der Waals surface area contributed by atoms with E-state index in [0.29, 0.717) is 0 Å². The molecule has 1 aromatic heterocycles. The average Bonchev–Trinajstić information content (AvgIpc) is 3.51.